The average Bonchev–Trinajstić information content (AvgIpc) is 3.16. The smallest absolute Gasteiger partial charge is 0.236 e. The van der Waals surface area contributed by atoms with E-state index in [0.29, 0.717) is 11.7 Å². The Bertz CT molecular complexity index is 777. The van der Waals surface area contributed by atoms with Gasteiger partial charge in [0.2, 0.25) is 11.7 Å². The van der Waals surface area contributed by atoms with Crippen LogP contribution in [-0.4, -0.2) is 30.5 Å². The second-order valence-corrected chi connectivity index (χ2v) is 5.31. The van der Waals surface area contributed by atoms with Crippen LogP contribution in [0.4, 0.5) is 0 Å². The molecule has 0 bridgehead atoms. The van der Waals surface area contributed by atoms with E-state index >= 15 is 0 Å². The lowest BCUT2D eigenvalue weighted by atomic mass is 9.90. The van der Waals surface area contributed by atoms with Gasteiger partial charge in [-0.2, -0.15) is 20.4 Å². The van der Waals surface area contributed by atoms with Crippen LogP contribution >= 0.6 is 0 Å². The number of aromatic nitrogens is 6. The highest BCUT2D eigenvalue weighted by atomic mass is 16.5. The third-order valence-electron chi connectivity index (χ3n) is 3.76. The fraction of sp³-hybridized carbons (Fsp3) is 0.357. The molecule has 1 unspecified atom stereocenters. The van der Waals surface area contributed by atoms with Crippen molar-refractivity contribution >= 4 is 0 Å². The van der Waals surface area contributed by atoms with Gasteiger partial charge in [0.05, 0.1) is 17.3 Å². The van der Waals surface area contributed by atoms with Gasteiger partial charge in [-0.3, -0.25) is 4.98 Å². The van der Waals surface area contributed by atoms with E-state index in [1.165, 1.54) is 0 Å². The molecular weight excluding hydrogens is 268 g/mol. The Morgan fingerprint density at radius 1 is 1.29 bits per heavy atom. The molecule has 0 spiro atoms. The summed E-state index contributed by atoms with van der Waals surface area (Å²) in [6.45, 7) is 1.99. The first-order valence-corrected chi connectivity index (χ1v) is 6.96. The maximum Gasteiger partial charge on any atom is 0.236 e. The highest BCUT2D eigenvalue weighted by molar-refractivity contribution is 5.53. The van der Waals surface area contributed by atoms with E-state index in [2.05, 4.69) is 30.5 Å². The molecule has 0 fully saturated rings. The molecule has 0 aromatic carbocycles. The molecule has 1 aliphatic rings. The molecule has 1 atom stereocenters. The molecule has 0 aliphatic heterocycles. The van der Waals surface area contributed by atoms with Crippen molar-refractivity contribution in [1.29, 1.82) is 0 Å². The molecule has 3 aromatic heterocycles. The van der Waals surface area contributed by atoms with E-state index in [1.807, 2.05) is 13.0 Å². The number of hydrogen-bond acceptors (Lipinski definition) is 6. The Morgan fingerprint density at radius 3 is 3.14 bits per heavy atom. The number of H-pyrrole nitrogens is 1. The summed E-state index contributed by atoms with van der Waals surface area (Å²) < 4.78 is 5.45. The van der Waals surface area contributed by atoms with Gasteiger partial charge in [0.1, 0.15) is 0 Å². The van der Waals surface area contributed by atoms with Crippen molar-refractivity contribution in [2.24, 2.45) is 0 Å². The second kappa shape index (κ2) is 4.76. The second-order valence-electron chi connectivity index (χ2n) is 5.31. The molecule has 1 aliphatic carbocycles. The Labute approximate surface area is 120 Å². The van der Waals surface area contributed by atoms with E-state index in [9.17, 15) is 0 Å². The zero-order valence-corrected chi connectivity index (χ0v) is 11.6. The number of hydrogen-bond donors (Lipinski definition) is 1. The lowest BCUT2D eigenvalue weighted by Gasteiger charge is -2.15. The fourth-order valence-electron chi connectivity index (χ4n) is 2.75. The predicted molar refractivity (Wildman–Crippen MR) is 73.4 cm³/mol. The van der Waals surface area contributed by atoms with Gasteiger partial charge in [-0.25, -0.2) is 0 Å². The summed E-state index contributed by atoms with van der Waals surface area (Å²) in [4.78, 5) is 8.69. The number of aromatic amines is 1. The van der Waals surface area contributed by atoms with Gasteiger partial charge >= 0.3 is 0 Å². The molecule has 7 nitrogen and oxygen atoms in total. The lowest BCUT2D eigenvalue weighted by molar-refractivity contribution is 0.352. The molecule has 106 valence electrons. The normalized spacial score (nSPS) is 17.7. The third kappa shape index (κ3) is 2.10. The van der Waals surface area contributed by atoms with Crippen LogP contribution in [0.2, 0.25) is 0 Å². The SMILES string of the molecule is Cc1cncc(-c2noc(C3CCCc4n[nH]nc43)n2)c1. The maximum atomic E-state index is 5.45. The standard InChI is InChI=1S/C14H14N6O/c1-8-5-9(7-15-6-8)13-16-14(21-19-13)10-3-2-4-11-12(10)18-20-17-11/h5-7,10H,2-4H2,1H3,(H,17,18,20). The first-order chi connectivity index (χ1) is 10.3. The van der Waals surface area contributed by atoms with Crippen LogP contribution in [0.3, 0.4) is 0 Å². The number of rotatable bonds is 2. The van der Waals surface area contributed by atoms with E-state index in [-0.39, 0.29) is 5.92 Å². The van der Waals surface area contributed by atoms with Crippen LogP contribution in [0.5, 0.6) is 0 Å². The molecule has 7 heteroatoms. The topological polar surface area (TPSA) is 93.4 Å². The van der Waals surface area contributed by atoms with Crippen molar-refractivity contribution in [1.82, 2.24) is 30.5 Å². The average molecular weight is 282 g/mol. The van der Waals surface area contributed by atoms with E-state index in [4.69, 9.17) is 4.52 Å². The summed E-state index contributed by atoms with van der Waals surface area (Å²) in [6, 6.07) is 1.99. The van der Waals surface area contributed by atoms with Crippen LogP contribution in [0.25, 0.3) is 11.4 Å². The number of aryl methyl sites for hydroxylation is 2. The summed E-state index contributed by atoms with van der Waals surface area (Å²) in [5.41, 5.74) is 3.86. The molecule has 1 N–H and O–H groups in total. The zero-order chi connectivity index (χ0) is 14.2. The molecule has 0 saturated carbocycles. The predicted octanol–water partition coefficient (Wildman–Crippen LogP) is 2.03. The van der Waals surface area contributed by atoms with Crippen LogP contribution in [0.15, 0.2) is 23.0 Å². The molecule has 21 heavy (non-hydrogen) atoms. The van der Waals surface area contributed by atoms with Crippen LogP contribution < -0.4 is 0 Å². The summed E-state index contributed by atoms with van der Waals surface area (Å²) in [6.07, 6.45) is 6.49. The Hall–Kier alpha value is -2.57. The zero-order valence-electron chi connectivity index (χ0n) is 11.6. The number of pyridine rings is 1. The van der Waals surface area contributed by atoms with E-state index in [1.54, 1.807) is 12.4 Å². The molecule has 0 saturated heterocycles. The summed E-state index contributed by atoms with van der Waals surface area (Å²) in [7, 11) is 0. The molecule has 0 amide bonds. The Morgan fingerprint density at radius 2 is 2.24 bits per heavy atom. The van der Waals surface area contributed by atoms with Crippen molar-refractivity contribution < 1.29 is 4.52 Å². The first-order valence-electron chi connectivity index (χ1n) is 6.96. The van der Waals surface area contributed by atoms with Crippen molar-refractivity contribution in [3.05, 3.63) is 41.3 Å². The van der Waals surface area contributed by atoms with Crippen molar-refractivity contribution in [2.75, 3.05) is 0 Å². The minimum atomic E-state index is 0.0338. The third-order valence-corrected chi connectivity index (χ3v) is 3.76. The minimum Gasteiger partial charge on any atom is -0.338 e. The van der Waals surface area contributed by atoms with Gasteiger partial charge in [-0.1, -0.05) is 5.16 Å². The van der Waals surface area contributed by atoms with Crippen LogP contribution in [0.1, 0.15) is 41.6 Å². The summed E-state index contributed by atoms with van der Waals surface area (Å²) >= 11 is 0. The van der Waals surface area contributed by atoms with Crippen LogP contribution in [-0.2, 0) is 6.42 Å². The Kier molecular flexibility index (Phi) is 2.77. The van der Waals surface area contributed by atoms with E-state index in [0.717, 1.165) is 41.8 Å². The van der Waals surface area contributed by atoms with Gasteiger partial charge in [0, 0.05) is 18.0 Å². The van der Waals surface area contributed by atoms with Crippen LogP contribution in [0, 0.1) is 6.92 Å². The largest absolute Gasteiger partial charge is 0.338 e. The fourth-order valence-corrected chi connectivity index (χ4v) is 2.75. The van der Waals surface area contributed by atoms with Gasteiger partial charge in [0.25, 0.3) is 0 Å². The molecule has 3 aromatic rings. The Balaban J connectivity index is 1.70. The highest BCUT2D eigenvalue weighted by Crippen LogP contribution is 2.34. The van der Waals surface area contributed by atoms with E-state index < -0.39 is 0 Å². The minimum absolute atomic E-state index is 0.0338. The lowest BCUT2D eigenvalue weighted by Crippen LogP contribution is -2.11. The monoisotopic (exact) mass is 282 g/mol. The van der Waals surface area contributed by atoms with Crippen molar-refractivity contribution in [3.8, 4) is 11.4 Å². The summed E-state index contributed by atoms with van der Waals surface area (Å²) in [5.74, 6) is 1.20. The van der Waals surface area contributed by atoms with Gasteiger partial charge in [-0.15, -0.1) is 0 Å². The number of fused-ring (bicyclic) bond motifs is 1. The summed E-state index contributed by atoms with van der Waals surface area (Å²) in [5, 5.41) is 15.2. The quantitative estimate of drug-likeness (QED) is 0.773. The highest BCUT2D eigenvalue weighted by Gasteiger charge is 2.30. The maximum absolute atomic E-state index is 5.45. The van der Waals surface area contributed by atoms with Gasteiger partial charge in [0.15, 0.2) is 0 Å². The first kappa shape index (κ1) is 12.2. The number of nitrogens with zero attached hydrogens (tertiary/aromatic N) is 5. The van der Waals surface area contributed by atoms with Gasteiger partial charge < -0.3 is 4.52 Å². The van der Waals surface area contributed by atoms with Crippen molar-refractivity contribution in [3.63, 3.8) is 0 Å². The molecule has 0 radical (unpaired) electrons. The van der Waals surface area contributed by atoms with Crippen molar-refractivity contribution in [2.45, 2.75) is 32.1 Å². The molecule has 4 rings (SSSR count). The molecular formula is C14H14N6O. The number of nitrogens with one attached hydrogen (secondary N) is 1. The molecule has 3 heterocycles. The van der Waals surface area contributed by atoms with Gasteiger partial charge in [-0.05, 0) is 37.8 Å².